The van der Waals surface area contributed by atoms with Crippen LogP contribution in [0.3, 0.4) is 0 Å². The van der Waals surface area contributed by atoms with Gasteiger partial charge in [-0.1, -0.05) is 18.5 Å². The molecule has 1 unspecified atom stereocenters. The van der Waals surface area contributed by atoms with Gasteiger partial charge in [-0.2, -0.15) is 0 Å². The summed E-state index contributed by atoms with van der Waals surface area (Å²) in [5.41, 5.74) is 1.78. The van der Waals surface area contributed by atoms with Gasteiger partial charge in [0.2, 0.25) is 0 Å². The molecule has 2 aromatic rings. The second-order valence-corrected chi connectivity index (χ2v) is 5.14. The number of likely N-dealkylation sites (N-methyl/N-ethyl adjacent to an activating group) is 1. The van der Waals surface area contributed by atoms with Gasteiger partial charge in [0, 0.05) is 17.3 Å². The molecule has 0 fully saturated rings. The Morgan fingerprint density at radius 3 is 2.81 bits per heavy atom. The van der Waals surface area contributed by atoms with Crippen LogP contribution in [0.5, 0.6) is 5.75 Å². The first-order chi connectivity index (χ1) is 10.1. The molecule has 5 heteroatoms. The second-order valence-electron chi connectivity index (χ2n) is 4.71. The van der Waals surface area contributed by atoms with Gasteiger partial charge in [0.1, 0.15) is 11.6 Å². The molecule has 2 rings (SSSR count). The largest absolute Gasteiger partial charge is 0.496 e. The number of aromatic nitrogens is 1. The summed E-state index contributed by atoms with van der Waals surface area (Å²) in [5, 5.41) is 3.99. The lowest BCUT2D eigenvalue weighted by Gasteiger charge is -2.19. The minimum absolute atomic E-state index is 0.0504. The summed E-state index contributed by atoms with van der Waals surface area (Å²) in [6, 6.07) is 6.94. The van der Waals surface area contributed by atoms with Crippen LogP contribution in [0.4, 0.5) is 4.39 Å². The van der Waals surface area contributed by atoms with Crippen LogP contribution in [0.2, 0.25) is 5.02 Å². The highest BCUT2D eigenvalue weighted by molar-refractivity contribution is 6.30. The van der Waals surface area contributed by atoms with Gasteiger partial charge in [-0.25, -0.2) is 4.39 Å². The Hall–Kier alpha value is -1.65. The average molecular weight is 309 g/mol. The molecule has 1 aromatic carbocycles. The zero-order chi connectivity index (χ0) is 15.2. The molecular formula is C16H18ClFN2O. The molecule has 1 heterocycles. The normalized spacial score (nSPS) is 12.2. The van der Waals surface area contributed by atoms with Crippen molar-refractivity contribution in [3.8, 4) is 5.75 Å². The molecule has 0 saturated heterocycles. The van der Waals surface area contributed by atoms with E-state index in [4.69, 9.17) is 16.3 Å². The van der Waals surface area contributed by atoms with Gasteiger partial charge in [0.05, 0.1) is 13.3 Å². The summed E-state index contributed by atoms with van der Waals surface area (Å²) in [4.78, 5) is 3.92. The fraction of sp³-hybridized carbons (Fsp3) is 0.312. The van der Waals surface area contributed by atoms with Crippen LogP contribution < -0.4 is 10.1 Å². The van der Waals surface area contributed by atoms with E-state index in [2.05, 4.69) is 10.3 Å². The molecule has 1 aromatic heterocycles. The Kier molecular flexibility index (Phi) is 5.53. The number of ether oxygens (including phenoxy) is 1. The molecule has 0 bridgehead atoms. The van der Waals surface area contributed by atoms with Crippen LogP contribution in [-0.4, -0.2) is 18.6 Å². The highest BCUT2D eigenvalue weighted by atomic mass is 35.5. The third-order valence-electron chi connectivity index (χ3n) is 3.25. The molecule has 0 aliphatic carbocycles. The van der Waals surface area contributed by atoms with Crippen LogP contribution in [0, 0.1) is 5.82 Å². The van der Waals surface area contributed by atoms with Gasteiger partial charge in [-0.3, -0.25) is 4.98 Å². The Morgan fingerprint density at radius 2 is 2.14 bits per heavy atom. The molecule has 1 atom stereocenters. The molecule has 0 amide bonds. The van der Waals surface area contributed by atoms with E-state index in [0.29, 0.717) is 11.4 Å². The van der Waals surface area contributed by atoms with E-state index >= 15 is 0 Å². The summed E-state index contributed by atoms with van der Waals surface area (Å²) < 4.78 is 18.7. The summed E-state index contributed by atoms with van der Waals surface area (Å²) in [5.74, 6) is 0.431. The van der Waals surface area contributed by atoms with E-state index in [1.54, 1.807) is 19.4 Å². The van der Waals surface area contributed by atoms with Crippen LogP contribution in [0.1, 0.15) is 24.1 Å². The lowest BCUT2D eigenvalue weighted by atomic mass is 9.99. The van der Waals surface area contributed by atoms with Crippen molar-refractivity contribution >= 4 is 11.6 Å². The van der Waals surface area contributed by atoms with Gasteiger partial charge >= 0.3 is 0 Å². The number of pyridine rings is 1. The molecule has 0 aliphatic heterocycles. The second kappa shape index (κ2) is 7.38. The quantitative estimate of drug-likeness (QED) is 0.882. The molecule has 112 valence electrons. The maximum atomic E-state index is 13.4. The van der Waals surface area contributed by atoms with E-state index in [1.807, 2.05) is 19.1 Å². The maximum absolute atomic E-state index is 13.4. The van der Waals surface area contributed by atoms with E-state index in [9.17, 15) is 4.39 Å². The third-order valence-corrected chi connectivity index (χ3v) is 3.48. The summed E-state index contributed by atoms with van der Waals surface area (Å²) >= 11 is 6.06. The van der Waals surface area contributed by atoms with Crippen LogP contribution in [0.25, 0.3) is 0 Å². The average Bonchev–Trinajstić information content (AvgIpc) is 2.47. The third kappa shape index (κ3) is 4.16. The predicted octanol–water partition coefficient (Wildman–Crippen LogP) is 3.78. The predicted molar refractivity (Wildman–Crippen MR) is 82.3 cm³/mol. The van der Waals surface area contributed by atoms with Gasteiger partial charge in [-0.05, 0) is 48.4 Å². The zero-order valence-corrected chi connectivity index (χ0v) is 12.8. The van der Waals surface area contributed by atoms with E-state index in [1.165, 1.54) is 12.3 Å². The number of hydrogen-bond donors (Lipinski definition) is 1. The SMILES string of the molecule is CCNC(Cc1cc(Cl)ccc1OC)c1cncc(F)c1. The van der Waals surface area contributed by atoms with Crippen molar-refractivity contribution in [2.45, 2.75) is 19.4 Å². The summed E-state index contributed by atoms with van der Waals surface area (Å²) in [6.07, 6.45) is 3.52. The van der Waals surface area contributed by atoms with E-state index in [0.717, 1.165) is 23.4 Å². The molecule has 0 saturated carbocycles. The Morgan fingerprint density at radius 1 is 1.33 bits per heavy atom. The summed E-state index contributed by atoms with van der Waals surface area (Å²) in [7, 11) is 1.62. The zero-order valence-electron chi connectivity index (χ0n) is 12.1. The van der Waals surface area contributed by atoms with Crippen LogP contribution >= 0.6 is 11.6 Å². The number of nitrogens with zero attached hydrogens (tertiary/aromatic N) is 1. The van der Waals surface area contributed by atoms with Crippen molar-refractivity contribution in [1.82, 2.24) is 10.3 Å². The molecular weight excluding hydrogens is 291 g/mol. The number of nitrogens with one attached hydrogen (secondary N) is 1. The van der Waals surface area contributed by atoms with Gasteiger partial charge in [0.25, 0.3) is 0 Å². The first kappa shape index (κ1) is 15.7. The lowest BCUT2D eigenvalue weighted by Crippen LogP contribution is -2.23. The fourth-order valence-corrected chi connectivity index (χ4v) is 2.49. The minimum Gasteiger partial charge on any atom is -0.496 e. The number of hydrogen-bond acceptors (Lipinski definition) is 3. The lowest BCUT2D eigenvalue weighted by molar-refractivity contribution is 0.405. The first-order valence-corrected chi connectivity index (χ1v) is 7.18. The topological polar surface area (TPSA) is 34.1 Å². The molecule has 1 N–H and O–H groups in total. The van der Waals surface area contributed by atoms with E-state index < -0.39 is 0 Å². The van der Waals surface area contributed by atoms with Crippen molar-refractivity contribution in [3.05, 3.63) is 58.6 Å². The fourth-order valence-electron chi connectivity index (χ4n) is 2.30. The monoisotopic (exact) mass is 308 g/mol. The Bertz CT molecular complexity index is 607. The molecule has 0 radical (unpaired) electrons. The number of halogens is 2. The Labute approximate surface area is 129 Å². The molecule has 21 heavy (non-hydrogen) atoms. The number of rotatable bonds is 6. The van der Waals surface area contributed by atoms with Crippen molar-refractivity contribution in [1.29, 1.82) is 0 Å². The minimum atomic E-state index is -0.339. The van der Waals surface area contributed by atoms with Crippen LogP contribution in [0.15, 0.2) is 36.7 Å². The highest BCUT2D eigenvalue weighted by Gasteiger charge is 2.15. The highest BCUT2D eigenvalue weighted by Crippen LogP contribution is 2.27. The first-order valence-electron chi connectivity index (χ1n) is 6.80. The molecule has 0 aliphatic rings. The number of methoxy groups -OCH3 is 1. The number of benzene rings is 1. The van der Waals surface area contributed by atoms with Crippen molar-refractivity contribution in [3.63, 3.8) is 0 Å². The Balaban J connectivity index is 2.30. The smallest absolute Gasteiger partial charge is 0.141 e. The molecule has 3 nitrogen and oxygen atoms in total. The van der Waals surface area contributed by atoms with Crippen molar-refractivity contribution in [2.24, 2.45) is 0 Å². The molecule has 0 spiro atoms. The van der Waals surface area contributed by atoms with Crippen LogP contribution in [-0.2, 0) is 6.42 Å². The van der Waals surface area contributed by atoms with Gasteiger partial charge < -0.3 is 10.1 Å². The standard InChI is InChI=1S/C16H18ClFN2O/c1-3-20-15(12-7-14(18)10-19-9-12)8-11-6-13(17)4-5-16(11)21-2/h4-7,9-10,15,20H,3,8H2,1-2H3. The van der Waals surface area contributed by atoms with Crippen molar-refractivity contribution in [2.75, 3.05) is 13.7 Å². The van der Waals surface area contributed by atoms with Crippen molar-refractivity contribution < 1.29 is 9.13 Å². The van der Waals surface area contributed by atoms with Gasteiger partial charge in [0.15, 0.2) is 0 Å². The van der Waals surface area contributed by atoms with Gasteiger partial charge in [-0.15, -0.1) is 0 Å². The van der Waals surface area contributed by atoms with E-state index in [-0.39, 0.29) is 11.9 Å². The maximum Gasteiger partial charge on any atom is 0.141 e. The summed E-state index contributed by atoms with van der Waals surface area (Å²) in [6.45, 7) is 2.78.